The van der Waals surface area contributed by atoms with Crippen LogP contribution in [0.25, 0.3) is 10.9 Å². The number of aromatic nitrogens is 1. The number of benzene rings is 1. The number of esters is 1. The molecule has 4 nitrogen and oxygen atoms in total. The Bertz CT molecular complexity index is 442. The molecule has 1 aromatic heterocycles. The van der Waals surface area contributed by atoms with E-state index in [1.54, 1.807) is 6.07 Å². The summed E-state index contributed by atoms with van der Waals surface area (Å²) in [6, 6.07) is 9.32. The van der Waals surface area contributed by atoms with Crippen LogP contribution in [0.3, 0.4) is 0 Å². The fourth-order valence-electron chi connectivity index (χ4n) is 1.40. The summed E-state index contributed by atoms with van der Waals surface area (Å²) < 4.78 is 4.79. The van der Waals surface area contributed by atoms with Crippen LogP contribution in [0.5, 0.6) is 0 Å². The first kappa shape index (κ1) is 9.73. The highest BCUT2D eigenvalue weighted by atomic mass is 16.5. The first-order chi connectivity index (χ1) is 7.31. The fourth-order valence-corrected chi connectivity index (χ4v) is 1.40. The number of H-pyrrole nitrogens is 1. The molecule has 2 aromatic rings. The van der Waals surface area contributed by atoms with Gasteiger partial charge < -0.3 is 14.8 Å². The van der Waals surface area contributed by atoms with Crippen molar-refractivity contribution in [3.05, 3.63) is 36.0 Å². The van der Waals surface area contributed by atoms with Crippen LogP contribution >= 0.6 is 0 Å². The van der Waals surface area contributed by atoms with Crippen LogP contribution in [0.4, 0.5) is 0 Å². The van der Waals surface area contributed by atoms with E-state index < -0.39 is 5.97 Å². The molecule has 0 fully saturated rings. The summed E-state index contributed by atoms with van der Waals surface area (Å²) >= 11 is 0. The molecule has 78 valence electrons. The van der Waals surface area contributed by atoms with E-state index in [0.29, 0.717) is 5.69 Å². The molecule has 0 aliphatic rings. The van der Waals surface area contributed by atoms with Gasteiger partial charge in [-0.1, -0.05) is 18.2 Å². The third-order valence-corrected chi connectivity index (χ3v) is 2.07. The molecule has 0 aliphatic heterocycles. The van der Waals surface area contributed by atoms with Crippen molar-refractivity contribution in [2.75, 3.05) is 13.2 Å². The highest BCUT2D eigenvalue weighted by molar-refractivity contribution is 5.94. The minimum Gasteiger partial charge on any atom is -0.459 e. The van der Waals surface area contributed by atoms with E-state index in [1.807, 2.05) is 24.3 Å². The fraction of sp³-hybridized carbons (Fsp3) is 0.182. The summed E-state index contributed by atoms with van der Waals surface area (Å²) in [5.74, 6) is -0.444. The number of hydrogen-bond acceptors (Lipinski definition) is 3. The molecule has 0 spiro atoms. The molecule has 0 atom stereocenters. The molecule has 0 amide bonds. The summed E-state index contributed by atoms with van der Waals surface area (Å²) in [5.41, 5.74) is 1.30. The lowest BCUT2D eigenvalue weighted by molar-refractivity contribution is 0.0428. The molecule has 2 N–H and O–H groups in total. The normalized spacial score (nSPS) is 10.5. The van der Waals surface area contributed by atoms with Crippen molar-refractivity contribution in [2.45, 2.75) is 0 Å². The van der Waals surface area contributed by atoms with Crippen LogP contribution in [0, 0.1) is 0 Å². The van der Waals surface area contributed by atoms with Gasteiger partial charge in [-0.25, -0.2) is 4.79 Å². The number of hydrogen-bond donors (Lipinski definition) is 2. The van der Waals surface area contributed by atoms with E-state index >= 15 is 0 Å². The van der Waals surface area contributed by atoms with E-state index in [4.69, 9.17) is 9.84 Å². The van der Waals surface area contributed by atoms with Crippen LogP contribution in [0.1, 0.15) is 10.5 Å². The lowest BCUT2D eigenvalue weighted by atomic mass is 10.2. The van der Waals surface area contributed by atoms with Gasteiger partial charge in [0.2, 0.25) is 0 Å². The predicted molar refractivity (Wildman–Crippen MR) is 55.7 cm³/mol. The lowest BCUT2D eigenvalue weighted by Crippen LogP contribution is -2.08. The van der Waals surface area contributed by atoms with Gasteiger partial charge in [0.05, 0.1) is 6.61 Å². The molecule has 0 aliphatic carbocycles. The van der Waals surface area contributed by atoms with Gasteiger partial charge in [0.1, 0.15) is 12.3 Å². The van der Waals surface area contributed by atoms with Crippen LogP contribution in [-0.4, -0.2) is 29.3 Å². The van der Waals surface area contributed by atoms with E-state index in [1.165, 1.54) is 0 Å². The molecule has 0 radical (unpaired) electrons. The summed E-state index contributed by atoms with van der Waals surface area (Å²) in [7, 11) is 0. The number of aliphatic hydroxyl groups is 1. The summed E-state index contributed by atoms with van der Waals surface area (Å²) in [5, 5.41) is 9.48. The molecule has 1 heterocycles. The maximum Gasteiger partial charge on any atom is 0.354 e. The highest BCUT2D eigenvalue weighted by Crippen LogP contribution is 2.14. The van der Waals surface area contributed by atoms with E-state index in [9.17, 15) is 4.79 Å². The number of ether oxygens (including phenoxy) is 1. The van der Waals surface area contributed by atoms with Gasteiger partial charge in [-0.15, -0.1) is 0 Å². The van der Waals surface area contributed by atoms with Crippen molar-refractivity contribution in [3.8, 4) is 0 Å². The van der Waals surface area contributed by atoms with Crippen molar-refractivity contribution in [2.24, 2.45) is 0 Å². The van der Waals surface area contributed by atoms with Gasteiger partial charge in [-0.05, 0) is 12.1 Å². The van der Waals surface area contributed by atoms with Crippen molar-refractivity contribution >= 4 is 16.9 Å². The molecular formula is C11H11NO3. The molecule has 0 saturated carbocycles. The van der Waals surface area contributed by atoms with Crippen molar-refractivity contribution in [3.63, 3.8) is 0 Å². The number of carbonyl (C=O) groups is 1. The zero-order valence-corrected chi connectivity index (χ0v) is 8.06. The van der Waals surface area contributed by atoms with Gasteiger partial charge in [0.15, 0.2) is 0 Å². The average molecular weight is 205 g/mol. The molecule has 0 saturated heterocycles. The monoisotopic (exact) mass is 205 g/mol. The first-order valence-corrected chi connectivity index (χ1v) is 4.67. The Kier molecular flexibility index (Phi) is 2.69. The van der Waals surface area contributed by atoms with Crippen LogP contribution in [0.2, 0.25) is 0 Å². The minimum absolute atomic E-state index is 0.0220. The maximum atomic E-state index is 11.4. The molecular weight excluding hydrogens is 194 g/mol. The van der Waals surface area contributed by atoms with Crippen LogP contribution < -0.4 is 0 Å². The zero-order valence-electron chi connectivity index (χ0n) is 8.06. The third kappa shape index (κ3) is 1.99. The number of carbonyl (C=O) groups excluding carboxylic acids is 1. The summed E-state index contributed by atoms with van der Waals surface area (Å²) in [4.78, 5) is 14.4. The highest BCUT2D eigenvalue weighted by Gasteiger charge is 2.09. The number of aliphatic hydroxyl groups excluding tert-OH is 1. The van der Waals surface area contributed by atoms with Gasteiger partial charge in [0, 0.05) is 10.9 Å². The van der Waals surface area contributed by atoms with Crippen LogP contribution in [0.15, 0.2) is 30.3 Å². The van der Waals surface area contributed by atoms with Gasteiger partial charge in [-0.2, -0.15) is 0 Å². The quantitative estimate of drug-likeness (QED) is 0.743. The largest absolute Gasteiger partial charge is 0.459 e. The number of nitrogens with one attached hydrogen (secondary N) is 1. The first-order valence-electron chi connectivity index (χ1n) is 4.67. The average Bonchev–Trinajstić information content (AvgIpc) is 2.69. The molecule has 1 aromatic carbocycles. The van der Waals surface area contributed by atoms with Crippen molar-refractivity contribution < 1.29 is 14.6 Å². The second-order valence-electron chi connectivity index (χ2n) is 3.13. The molecule has 0 bridgehead atoms. The molecule has 15 heavy (non-hydrogen) atoms. The molecule has 0 unspecified atom stereocenters. The lowest BCUT2D eigenvalue weighted by Gasteiger charge is -1.98. The Morgan fingerprint density at radius 1 is 1.40 bits per heavy atom. The van der Waals surface area contributed by atoms with E-state index in [-0.39, 0.29) is 13.2 Å². The van der Waals surface area contributed by atoms with Gasteiger partial charge >= 0.3 is 5.97 Å². The number of para-hydroxylation sites is 1. The Hall–Kier alpha value is -1.81. The van der Waals surface area contributed by atoms with Crippen LogP contribution in [-0.2, 0) is 4.74 Å². The second kappa shape index (κ2) is 4.14. The Balaban J connectivity index is 2.25. The van der Waals surface area contributed by atoms with E-state index in [2.05, 4.69) is 4.98 Å². The Labute approximate surface area is 86.5 Å². The standard InChI is InChI=1S/C11H11NO3/c13-5-6-15-11(14)10-7-8-3-1-2-4-9(8)12-10/h1-4,7,12-13H,5-6H2. The second-order valence-corrected chi connectivity index (χ2v) is 3.13. The third-order valence-electron chi connectivity index (χ3n) is 2.07. The van der Waals surface area contributed by atoms with E-state index in [0.717, 1.165) is 10.9 Å². The maximum absolute atomic E-state index is 11.4. The van der Waals surface area contributed by atoms with Crippen molar-refractivity contribution in [1.82, 2.24) is 4.98 Å². The smallest absolute Gasteiger partial charge is 0.354 e. The summed E-state index contributed by atoms with van der Waals surface area (Å²) in [6.07, 6.45) is 0. The number of fused-ring (bicyclic) bond motifs is 1. The van der Waals surface area contributed by atoms with Gasteiger partial charge in [-0.3, -0.25) is 0 Å². The zero-order chi connectivity index (χ0) is 10.7. The molecule has 2 rings (SSSR count). The van der Waals surface area contributed by atoms with Crippen molar-refractivity contribution in [1.29, 1.82) is 0 Å². The minimum atomic E-state index is -0.444. The number of aromatic amines is 1. The predicted octanol–water partition coefficient (Wildman–Crippen LogP) is 1.32. The topological polar surface area (TPSA) is 62.3 Å². The Morgan fingerprint density at radius 2 is 2.20 bits per heavy atom. The van der Waals surface area contributed by atoms with Gasteiger partial charge in [0.25, 0.3) is 0 Å². The SMILES string of the molecule is O=C(OCCO)c1cc2ccccc2[nH]1. The Morgan fingerprint density at radius 3 is 2.93 bits per heavy atom. The summed E-state index contributed by atoms with van der Waals surface area (Å²) in [6.45, 7) is -0.139. The molecule has 4 heteroatoms. The number of rotatable bonds is 3.